The van der Waals surface area contributed by atoms with Gasteiger partial charge in [-0.25, -0.2) is 9.97 Å². The van der Waals surface area contributed by atoms with E-state index in [-0.39, 0.29) is 0 Å². The van der Waals surface area contributed by atoms with Crippen molar-refractivity contribution < 1.29 is 0 Å². The van der Waals surface area contributed by atoms with E-state index in [9.17, 15) is 0 Å². The molecule has 0 saturated carbocycles. The van der Waals surface area contributed by atoms with Gasteiger partial charge in [-0.15, -0.1) is 11.3 Å². The number of fused-ring (bicyclic) bond motifs is 1. The van der Waals surface area contributed by atoms with E-state index in [0.29, 0.717) is 12.5 Å². The van der Waals surface area contributed by atoms with Crippen LogP contribution >= 0.6 is 11.3 Å². The molecule has 0 saturated heterocycles. The Morgan fingerprint density at radius 1 is 1.38 bits per heavy atom. The molecule has 0 aromatic carbocycles. The van der Waals surface area contributed by atoms with Gasteiger partial charge in [0.2, 0.25) is 5.95 Å². The zero-order chi connectivity index (χ0) is 14.8. The van der Waals surface area contributed by atoms with Gasteiger partial charge in [-0.2, -0.15) is 10.1 Å². The van der Waals surface area contributed by atoms with Crippen molar-refractivity contribution in [1.82, 2.24) is 24.7 Å². The highest BCUT2D eigenvalue weighted by Crippen LogP contribution is 2.29. The highest BCUT2D eigenvalue weighted by molar-refractivity contribution is 7.18. The number of nitrogens with zero attached hydrogens (tertiary/aromatic N) is 5. The van der Waals surface area contributed by atoms with Gasteiger partial charge in [0.15, 0.2) is 5.82 Å². The summed E-state index contributed by atoms with van der Waals surface area (Å²) >= 11 is 1.66. The fraction of sp³-hybridized carbons (Fsp3) is 0.385. The number of aromatic nitrogens is 5. The Balaban J connectivity index is 1.77. The van der Waals surface area contributed by atoms with Gasteiger partial charge >= 0.3 is 0 Å². The maximum absolute atomic E-state index is 5.78. The first-order chi connectivity index (χ1) is 10.2. The molecule has 0 bridgehead atoms. The lowest BCUT2D eigenvalue weighted by Gasteiger charge is -2.05. The third-order valence-electron chi connectivity index (χ3n) is 3.10. The van der Waals surface area contributed by atoms with Crippen LogP contribution in [-0.2, 0) is 19.9 Å². The van der Waals surface area contributed by atoms with E-state index in [4.69, 9.17) is 5.73 Å². The Labute approximate surface area is 126 Å². The second-order valence-electron chi connectivity index (χ2n) is 4.73. The molecule has 0 aliphatic rings. The summed E-state index contributed by atoms with van der Waals surface area (Å²) in [7, 11) is 1.86. The van der Waals surface area contributed by atoms with E-state index in [2.05, 4.69) is 38.4 Å². The number of hydrogen-bond donors (Lipinski definition) is 2. The summed E-state index contributed by atoms with van der Waals surface area (Å²) in [5, 5.41) is 8.59. The molecular formula is C13H17N7S. The molecule has 0 aliphatic carbocycles. The van der Waals surface area contributed by atoms with Crippen molar-refractivity contribution in [2.75, 3.05) is 17.6 Å². The predicted molar refractivity (Wildman–Crippen MR) is 84.4 cm³/mol. The van der Waals surface area contributed by atoms with Crippen molar-refractivity contribution >= 4 is 33.3 Å². The van der Waals surface area contributed by atoms with Gasteiger partial charge in [-0.1, -0.05) is 6.92 Å². The van der Waals surface area contributed by atoms with Crippen molar-refractivity contribution in [2.24, 2.45) is 7.05 Å². The largest absolute Gasteiger partial charge is 0.369 e. The Bertz CT molecular complexity index is 761. The topological polar surface area (TPSA) is 94.5 Å². The van der Waals surface area contributed by atoms with Gasteiger partial charge in [0.1, 0.15) is 17.0 Å². The van der Waals surface area contributed by atoms with Crippen LogP contribution in [0, 0.1) is 0 Å². The lowest BCUT2D eigenvalue weighted by molar-refractivity contribution is 0.742. The van der Waals surface area contributed by atoms with Crippen LogP contribution in [0.5, 0.6) is 0 Å². The molecule has 3 heterocycles. The first kappa shape index (κ1) is 13.7. The molecule has 0 spiro atoms. The maximum atomic E-state index is 5.78. The highest BCUT2D eigenvalue weighted by Gasteiger charge is 2.10. The Morgan fingerprint density at radius 2 is 2.24 bits per heavy atom. The normalized spacial score (nSPS) is 11.1. The first-order valence-corrected chi connectivity index (χ1v) is 7.61. The molecule has 7 nitrogen and oxygen atoms in total. The van der Waals surface area contributed by atoms with Crippen molar-refractivity contribution in [3.05, 3.63) is 23.1 Å². The average Bonchev–Trinajstić information content (AvgIpc) is 3.04. The molecule has 3 rings (SSSR count). The number of rotatable bonds is 5. The van der Waals surface area contributed by atoms with E-state index in [1.165, 1.54) is 4.88 Å². The van der Waals surface area contributed by atoms with Crippen molar-refractivity contribution in [3.63, 3.8) is 0 Å². The quantitative estimate of drug-likeness (QED) is 0.744. The zero-order valence-electron chi connectivity index (χ0n) is 12.0. The Morgan fingerprint density at radius 3 is 2.95 bits per heavy atom. The zero-order valence-corrected chi connectivity index (χ0v) is 12.8. The molecule has 0 atom stereocenters. The third kappa shape index (κ3) is 2.94. The van der Waals surface area contributed by atoms with Crippen LogP contribution in [0.25, 0.3) is 10.2 Å². The fourth-order valence-corrected chi connectivity index (χ4v) is 3.06. The Kier molecular flexibility index (Phi) is 3.70. The smallest absolute Gasteiger partial charge is 0.223 e. The van der Waals surface area contributed by atoms with Gasteiger partial charge in [0.25, 0.3) is 0 Å². The number of nitrogens with one attached hydrogen (secondary N) is 1. The number of thiophene rings is 1. The molecule has 3 aromatic heterocycles. The Hall–Kier alpha value is -2.22. The molecule has 3 aromatic rings. The molecule has 0 unspecified atom stereocenters. The molecule has 21 heavy (non-hydrogen) atoms. The molecule has 0 radical (unpaired) electrons. The summed E-state index contributed by atoms with van der Waals surface area (Å²) in [6.07, 6.45) is 3.41. The minimum atomic E-state index is 0.297. The number of nitrogens with two attached hydrogens (primary N) is 1. The van der Waals surface area contributed by atoms with Crippen molar-refractivity contribution in [1.29, 1.82) is 0 Å². The summed E-state index contributed by atoms with van der Waals surface area (Å²) in [6.45, 7) is 2.83. The summed E-state index contributed by atoms with van der Waals surface area (Å²) in [5.41, 5.74) is 5.78. The van der Waals surface area contributed by atoms with Crippen molar-refractivity contribution in [3.8, 4) is 0 Å². The van der Waals surface area contributed by atoms with Crippen LogP contribution in [0.15, 0.2) is 12.4 Å². The molecular weight excluding hydrogens is 286 g/mol. The van der Waals surface area contributed by atoms with Gasteiger partial charge < -0.3 is 11.1 Å². The van der Waals surface area contributed by atoms with Crippen LogP contribution in [0.4, 0.5) is 11.8 Å². The van der Waals surface area contributed by atoms with E-state index >= 15 is 0 Å². The van der Waals surface area contributed by atoms with E-state index in [1.54, 1.807) is 22.3 Å². The van der Waals surface area contributed by atoms with E-state index < -0.39 is 0 Å². The summed E-state index contributed by atoms with van der Waals surface area (Å²) in [4.78, 5) is 15.0. The standard InChI is InChI=1S/C13H17N7S/c1-3-8-6-9-11(17-13(14)18-12(9)21-8)15-5-4-10-16-7-20(2)19-10/h6-7H,3-5H2,1-2H3,(H3,14,15,17,18). The average molecular weight is 303 g/mol. The van der Waals surface area contributed by atoms with Crippen LogP contribution in [0.2, 0.25) is 0 Å². The van der Waals surface area contributed by atoms with Gasteiger partial charge in [0, 0.05) is 24.9 Å². The van der Waals surface area contributed by atoms with Crippen molar-refractivity contribution in [2.45, 2.75) is 19.8 Å². The summed E-state index contributed by atoms with van der Waals surface area (Å²) < 4.78 is 1.70. The fourth-order valence-electron chi connectivity index (χ4n) is 2.09. The van der Waals surface area contributed by atoms with Crippen LogP contribution in [-0.4, -0.2) is 31.3 Å². The third-order valence-corrected chi connectivity index (χ3v) is 4.27. The number of anilines is 2. The maximum Gasteiger partial charge on any atom is 0.223 e. The molecule has 0 amide bonds. The van der Waals surface area contributed by atoms with Crippen LogP contribution in [0.3, 0.4) is 0 Å². The molecule has 110 valence electrons. The highest BCUT2D eigenvalue weighted by atomic mass is 32.1. The number of nitrogen functional groups attached to an aromatic ring is 1. The minimum absolute atomic E-state index is 0.297. The first-order valence-electron chi connectivity index (χ1n) is 6.80. The second-order valence-corrected chi connectivity index (χ2v) is 5.84. The van der Waals surface area contributed by atoms with E-state index in [1.807, 2.05) is 7.05 Å². The SMILES string of the molecule is CCc1cc2c(NCCc3ncn(C)n3)nc(N)nc2s1. The van der Waals surface area contributed by atoms with Crippen LogP contribution < -0.4 is 11.1 Å². The predicted octanol–water partition coefficient (Wildman–Crippen LogP) is 1.62. The molecule has 3 N–H and O–H groups in total. The summed E-state index contributed by atoms with van der Waals surface area (Å²) in [5.74, 6) is 1.89. The van der Waals surface area contributed by atoms with Crippen LogP contribution in [0.1, 0.15) is 17.6 Å². The number of aryl methyl sites for hydroxylation is 2. The van der Waals surface area contributed by atoms with Gasteiger partial charge in [-0.05, 0) is 12.5 Å². The van der Waals surface area contributed by atoms with Gasteiger partial charge in [-0.3, -0.25) is 4.68 Å². The molecule has 8 heteroatoms. The molecule has 0 aliphatic heterocycles. The monoisotopic (exact) mass is 303 g/mol. The second kappa shape index (κ2) is 5.65. The lowest BCUT2D eigenvalue weighted by atomic mass is 10.3. The molecule has 0 fully saturated rings. The number of hydrogen-bond acceptors (Lipinski definition) is 7. The van der Waals surface area contributed by atoms with E-state index in [0.717, 1.165) is 34.7 Å². The lowest BCUT2D eigenvalue weighted by Crippen LogP contribution is -2.09. The summed E-state index contributed by atoms with van der Waals surface area (Å²) in [6, 6.07) is 2.13. The minimum Gasteiger partial charge on any atom is -0.369 e. The van der Waals surface area contributed by atoms with Gasteiger partial charge in [0.05, 0.1) is 5.39 Å².